The van der Waals surface area contributed by atoms with Gasteiger partial charge in [-0.2, -0.15) is 0 Å². The van der Waals surface area contributed by atoms with E-state index in [4.69, 9.17) is 0 Å². The first-order valence-electron chi connectivity index (χ1n) is 9.41. The molecule has 148 valence electrons. The second-order valence-electron chi connectivity index (χ2n) is 6.96. The van der Waals surface area contributed by atoms with Gasteiger partial charge < -0.3 is 5.32 Å². The molecule has 1 aromatic heterocycles. The highest BCUT2D eigenvalue weighted by atomic mass is 32.2. The fourth-order valence-corrected chi connectivity index (χ4v) is 5.06. The van der Waals surface area contributed by atoms with Crippen LogP contribution in [0.5, 0.6) is 0 Å². The second kappa shape index (κ2) is 7.67. The Morgan fingerprint density at radius 1 is 1.03 bits per heavy atom. The molecule has 0 saturated carbocycles. The molecule has 0 atom stereocenters. The van der Waals surface area contributed by atoms with Crippen molar-refractivity contribution in [2.24, 2.45) is 0 Å². The van der Waals surface area contributed by atoms with Crippen LogP contribution >= 0.6 is 0 Å². The number of benzene rings is 2. The van der Waals surface area contributed by atoms with Crippen LogP contribution in [0, 0.1) is 6.92 Å². The van der Waals surface area contributed by atoms with Gasteiger partial charge >= 0.3 is 0 Å². The van der Waals surface area contributed by atoms with Crippen LogP contribution in [0.2, 0.25) is 0 Å². The lowest BCUT2D eigenvalue weighted by atomic mass is 10.0. The number of fused-ring (bicyclic) bond motifs is 1. The molecule has 7 heteroatoms. The van der Waals surface area contributed by atoms with Crippen LogP contribution in [-0.2, 0) is 16.4 Å². The zero-order chi connectivity index (χ0) is 20.4. The Bertz CT molecular complexity index is 1180. The smallest absolute Gasteiger partial charge is 0.264 e. The van der Waals surface area contributed by atoms with Crippen LogP contribution in [0.15, 0.2) is 71.6 Å². The molecule has 1 N–H and O–H groups in total. The highest BCUT2D eigenvalue weighted by Gasteiger charge is 2.29. The van der Waals surface area contributed by atoms with Crippen molar-refractivity contribution in [1.29, 1.82) is 0 Å². The van der Waals surface area contributed by atoms with E-state index in [0.717, 1.165) is 24.1 Å². The maximum absolute atomic E-state index is 13.3. The number of aromatic nitrogens is 1. The molecular weight excluding hydrogens is 386 g/mol. The lowest BCUT2D eigenvalue weighted by Crippen LogP contribution is -2.35. The van der Waals surface area contributed by atoms with Gasteiger partial charge in [0, 0.05) is 17.8 Å². The van der Waals surface area contributed by atoms with Crippen molar-refractivity contribution < 1.29 is 13.2 Å². The van der Waals surface area contributed by atoms with E-state index < -0.39 is 15.9 Å². The van der Waals surface area contributed by atoms with E-state index in [1.165, 1.54) is 16.4 Å². The summed E-state index contributed by atoms with van der Waals surface area (Å²) in [5.41, 5.74) is 2.77. The van der Waals surface area contributed by atoms with Crippen molar-refractivity contribution in [3.63, 3.8) is 0 Å². The van der Waals surface area contributed by atoms with Gasteiger partial charge in [0.15, 0.2) is 0 Å². The minimum Gasteiger partial charge on any atom is -0.307 e. The molecule has 1 aliphatic rings. The van der Waals surface area contributed by atoms with E-state index in [0.29, 0.717) is 18.1 Å². The van der Waals surface area contributed by atoms with Crippen LogP contribution < -0.4 is 9.62 Å². The number of para-hydroxylation sites is 1. The molecular formula is C22H21N3O3S. The van der Waals surface area contributed by atoms with Gasteiger partial charge in [0.05, 0.1) is 10.6 Å². The molecule has 0 radical (unpaired) electrons. The molecule has 0 spiro atoms. The average Bonchev–Trinajstić information content (AvgIpc) is 2.73. The molecule has 1 amide bonds. The van der Waals surface area contributed by atoms with Gasteiger partial charge in [-0.25, -0.2) is 13.4 Å². The molecule has 0 unspecified atom stereocenters. The first-order chi connectivity index (χ1) is 13.9. The lowest BCUT2D eigenvalue weighted by molar-refractivity contribution is 0.102. The monoisotopic (exact) mass is 407 g/mol. The Kier molecular flexibility index (Phi) is 5.07. The Morgan fingerprint density at radius 3 is 2.66 bits per heavy atom. The van der Waals surface area contributed by atoms with E-state index in [1.807, 2.05) is 37.3 Å². The molecule has 6 nitrogen and oxygen atoms in total. The number of carbonyl (C=O) groups excluding carboxylic acids is 1. The maximum atomic E-state index is 13.3. The number of nitrogens with zero attached hydrogens (tertiary/aromatic N) is 2. The van der Waals surface area contributed by atoms with Crippen LogP contribution in [0.4, 0.5) is 11.5 Å². The van der Waals surface area contributed by atoms with Gasteiger partial charge in [0.1, 0.15) is 5.82 Å². The number of hydrogen-bond acceptors (Lipinski definition) is 4. The fourth-order valence-electron chi connectivity index (χ4n) is 3.47. The van der Waals surface area contributed by atoms with Crippen molar-refractivity contribution in [2.75, 3.05) is 16.2 Å². The summed E-state index contributed by atoms with van der Waals surface area (Å²) in [6, 6.07) is 19.0. The van der Waals surface area contributed by atoms with Gasteiger partial charge in [-0.05, 0) is 61.7 Å². The minimum absolute atomic E-state index is 0.0963. The Morgan fingerprint density at radius 2 is 1.83 bits per heavy atom. The molecule has 0 bridgehead atoms. The number of rotatable bonds is 4. The number of hydrogen-bond donors (Lipinski definition) is 1. The standard InChI is InChI=1S/C22H21N3O3S/c1-16-7-4-13-21(23-16)24-22(26)18-9-5-11-19(15-18)29(27,28)25-14-6-10-17-8-2-3-12-20(17)25/h2-5,7-9,11-13,15H,6,10,14H2,1H3,(H,23,24,26). The van der Waals surface area contributed by atoms with Crippen molar-refractivity contribution in [1.82, 2.24) is 4.98 Å². The topological polar surface area (TPSA) is 79.4 Å². The zero-order valence-corrected chi connectivity index (χ0v) is 16.8. The maximum Gasteiger partial charge on any atom is 0.264 e. The average molecular weight is 407 g/mol. The molecule has 1 aliphatic heterocycles. The SMILES string of the molecule is Cc1cccc(NC(=O)c2cccc(S(=O)(=O)N3CCCc4ccccc43)c2)n1. The van der Waals surface area contributed by atoms with Gasteiger partial charge in [0.2, 0.25) is 0 Å². The Balaban J connectivity index is 1.64. The third-order valence-electron chi connectivity index (χ3n) is 4.88. The molecule has 0 fully saturated rings. The molecule has 0 aliphatic carbocycles. The highest BCUT2D eigenvalue weighted by Crippen LogP contribution is 2.32. The quantitative estimate of drug-likeness (QED) is 0.714. The number of anilines is 2. The largest absolute Gasteiger partial charge is 0.307 e. The van der Waals surface area contributed by atoms with Gasteiger partial charge in [-0.1, -0.05) is 30.3 Å². The summed E-state index contributed by atoms with van der Waals surface area (Å²) in [7, 11) is -3.77. The van der Waals surface area contributed by atoms with Gasteiger partial charge in [-0.3, -0.25) is 9.10 Å². The molecule has 3 aromatic rings. The van der Waals surface area contributed by atoms with E-state index in [1.54, 1.807) is 24.3 Å². The molecule has 4 rings (SSSR count). The van der Waals surface area contributed by atoms with Crippen LogP contribution in [0.25, 0.3) is 0 Å². The zero-order valence-electron chi connectivity index (χ0n) is 16.0. The summed E-state index contributed by atoms with van der Waals surface area (Å²) in [6.07, 6.45) is 1.61. The van der Waals surface area contributed by atoms with Crippen molar-refractivity contribution in [3.05, 3.63) is 83.6 Å². The van der Waals surface area contributed by atoms with Crippen LogP contribution in [0.1, 0.15) is 28.0 Å². The number of aryl methyl sites for hydroxylation is 2. The summed E-state index contributed by atoms with van der Waals surface area (Å²) >= 11 is 0. The molecule has 29 heavy (non-hydrogen) atoms. The number of sulfonamides is 1. The van der Waals surface area contributed by atoms with E-state index in [2.05, 4.69) is 10.3 Å². The third kappa shape index (κ3) is 3.86. The summed E-state index contributed by atoms with van der Waals surface area (Å²) in [5.74, 6) is 0.0208. The Hall–Kier alpha value is -3.19. The first kappa shape index (κ1) is 19.1. The van der Waals surface area contributed by atoms with Crippen molar-refractivity contribution in [3.8, 4) is 0 Å². The van der Waals surface area contributed by atoms with Crippen molar-refractivity contribution >= 4 is 27.4 Å². The van der Waals surface area contributed by atoms with Gasteiger partial charge in [-0.15, -0.1) is 0 Å². The summed E-state index contributed by atoms with van der Waals surface area (Å²) in [4.78, 5) is 17.0. The molecule has 2 heterocycles. The normalized spacial score (nSPS) is 13.6. The number of nitrogens with one attached hydrogen (secondary N) is 1. The predicted octanol–water partition coefficient (Wildman–Crippen LogP) is 3.78. The van der Waals surface area contributed by atoms with Crippen LogP contribution in [0.3, 0.4) is 0 Å². The predicted molar refractivity (Wildman–Crippen MR) is 113 cm³/mol. The summed E-state index contributed by atoms with van der Waals surface area (Å²) in [5, 5.41) is 2.71. The fraction of sp³-hybridized carbons (Fsp3) is 0.182. The third-order valence-corrected chi connectivity index (χ3v) is 6.69. The second-order valence-corrected chi connectivity index (χ2v) is 8.82. The number of pyridine rings is 1. The van der Waals surface area contributed by atoms with E-state index in [9.17, 15) is 13.2 Å². The summed E-state index contributed by atoms with van der Waals surface area (Å²) < 4.78 is 28.1. The molecule has 0 saturated heterocycles. The number of amides is 1. The first-order valence-corrected chi connectivity index (χ1v) is 10.8. The number of carbonyl (C=O) groups is 1. The molecule has 2 aromatic carbocycles. The van der Waals surface area contributed by atoms with Crippen molar-refractivity contribution in [2.45, 2.75) is 24.7 Å². The Labute approximate surface area is 170 Å². The van der Waals surface area contributed by atoms with E-state index >= 15 is 0 Å². The minimum atomic E-state index is -3.77. The van der Waals surface area contributed by atoms with Crippen LogP contribution in [-0.4, -0.2) is 25.9 Å². The highest BCUT2D eigenvalue weighted by molar-refractivity contribution is 7.92. The summed E-state index contributed by atoms with van der Waals surface area (Å²) in [6.45, 7) is 2.25. The van der Waals surface area contributed by atoms with E-state index in [-0.39, 0.29) is 10.5 Å². The lowest BCUT2D eigenvalue weighted by Gasteiger charge is -2.30. The van der Waals surface area contributed by atoms with Gasteiger partial charge in [0.25, 0.3) is 15.9 Å².